The highest BCUT2D eigenvalue weighted by molar-refractivity contribution is 5.68. The summed E-state index contributed by atoms with van der Waals surface area (Å²) in [5.41, 5.74) is 3.87. The Morgan fingerprint density at radius 3 is 1.77 bits per heavy atom. The van der Waals surface area contributed by atoms with Gasteiger partial charge in [0.25, 0.3) is 0 Å². The Balaban J connectivity index is 0.000000466. The molecule has 0 atom stereocenters. The molecule has 0 aliphatic carbocycles. The van der Waals surface area contributed by atoms with Gasteiger partial charge in [0.05, 0.1) is 28.4 Å². The molecular weight excluding hydrogens is 392 g/mol. The Labute approximate surface area is 188 Å². The molecule has 0 aromatic heterocycles. The van der Waals surface area contributed by atoms with Crippen LogP contribution in [0.1, 0.15) is 57.2 Å². The van der Waals surface area contributed by atoms with E-state index in [1.165, 1.54) is 30.2 Å². The Morgan fingerprint density at radius 1 is 0.742 bits per heavy atom. The third-order valence-corrected chi connectivity index (χ3v) is 4.67. The zero-order valence-corrected chi connectivity index (χ0v) is 20.5. The van der Waals surface area contributed by atoms with Gasteiger partial charge in [-0.05, 0) is 48.1 Å². The fourth-order valence-electron chi connectivity index (χ4n) is 2.77. The van der Waals surface area contributed by atoms with Crippen LogP contribution in [0.2, 0.25) is 0 Å². The van der Waals surface area contributed by atoms with Crippen molar-refractivity contribution in [1.29, 1.82) is 0 Å². The molecule has 2 rings (SSSR count). The lowest BCUT2D eigenvalue weighted by Crippen LogP contribution is -1.94. The van der Waals surface area contributed by atoms with Crippen molar-refractivity contribution in [2.45, 2.75) is 59.8 Å². The first-order chi connectivity index (χ1) is 14.9. The van der Waals surface area contributed by atoms with Crippen LogP contribution >= 0.6 is 0 Å². The maximum absolute atomic E-state index is 9.96. The highest BCUT2D eigenvalue weighted by Gasteiger charge is 2.02. The molecule has 5 heteroatoms. The number of esters is 1. The summed E-state index contributed by atoms with van der Waals surface area (Å²) in [5, 5.41) is 0. The van der Waals surface area contributed by atoms with Crippen LogP contribution in [0.15, 0.2) is 36.4 Å². The molecule has 0 bridgehead atoms. The van der Waals surface area contributed by atoms with Gasteiger partial charge in [-0.2, -0.15) is 0 Å². The Kier molecular flexibility index (Phi) is 15.6. The van der Waals surface area contributed by atoms with Crippen LogP contribution in [0, 0.1) is 0 Å². The minimum atomic E-state index is -0.157. The van der Waals surface area contributed by atoms with Gasteiger partial charge in [-0.25, -0.2) is 0 Å². The summed E-state index contributed by atoms with van der Waals surface area (Å²) in [6.45, 7) is 8.21. The van der Waals surface area contributed by atoms with E-state index in [1.54, 1.807) is 28.3 Å². The van der Waals surface area contributed by atoms with Crippen LogP contribution in [-0.4, -0.2) is 34.4 Å². The maximum atomic E-state index is 9.96. The summed E-state index contributed by atoms with van der Waals surface area (Å²) in [6.07, 6.45) is 4.79. The molecule has 5 nitrogen and oxygen atoms in total. The fourth-order valence-corrected chi connectivity index (χ4v) is 2.77. The lowest BCUT2D eigenvalue weighted by atomic mass is 10.1. The quantitative estimate of drug-likeness (QED) is 0.476. The zero-order chi connectivity index (χ0) is 23.6. The van der Waals surface area contributed by atoms with Crippen molar-refractivity contribution >= 4 is 5.97 Å². The van der Waals surface area contributed by atoms with Gasteiger partial charge in [0, 0.05) is 12.5 Å². The summed E-state index contributed by atoms with van der Waals surface area (Å²) in [4.78, 5) is 9.96. The third kappa shape index (κ3) is 10.8. The molecule has 0 heterocycles. The summed E-state index contributed by atoms with van der Waals surface area (Å²) in [5.74, 6) is 2.62. The highest BCUT2D eigenvalue weighted by atomic mass is 16.5. The Hall–Kier alpha value is -2.69. The topological polar surface area (TPSA) is 54.0 Å². The van der Waals surface area contributed by atoms with Crippen molar-refractivity contribution in [3.8, 4) is 17.2 Å². The smallest absolute Gasteiger partial charge is 0.305 e. The monoisotopic (exact) mass is 432 g/mol. The van der Waals surface area contributed by atoms with Gasteiger partial charge < -0.3 is 18.9 Å². The normalized spacial score (nSPS) is 9.42. The first kappa shape index (κ1) is 28.3. The predicted octanol–water partition coefficient (Wildman–Crippen LogP) is 6.05. The second-order valence-corrected chi connectivity index (χ2v) is 6.71. The first-order valence-electron chi connectivity index (χ1n) is 10.9. The molecule has 0 unspecified atom stereocenters. The molecule has 174 valence electrons. The molecule has 0 saturated heterocycles. The number of carbonyl (C=O) groups excluding carboxylic acids is 1. The number of aryl methyl sites for hydroxylation is 3. The van der Waals surface area contributed by atoms with Gasteiger partial charge in [0.2, 0.25) is 0 Å². The summed E-state index contributed by atoms with van der Waals surface area (Å²) >= 11 is 0. The molecule has 0 aliphatic rings. The molecular formula is C26H40O5. The Morgan fingerprint density at radius 2 is 1.35 bits per heavy atom. The van der Waals surface area contributed by atoms with E-state index in [4.69, 9.17) is 14.2 Å². The number of methoxy groups -OCH3 is 4. The minimum absolute atomic E-state index is 0.157. The molecule has 0 fully saturated rings. The largest absolute Gasteiger partial charge is 0.497 e. The molecule has 0 aliphatic heterocycles. The van der Waals surface area contributed by atoms with Crippen molar-refractivity contribution in [2.24, 2.45) is 0 Å². The molecule has 0 saturated carbocycles. The molecule has 0 N–H and O–H groups in total. The predicted molar refractivity (Wildman–Crippen MR) is 128 cm³/mol. The van der Waals surface area contributed by atoms with Crippen molar-refractivity contribution in [3.63, 3.8) is 0 Å². The van der Waals surface area contributed by atoms with E-state index in [0.717, 1.165) is 36.5 Å². The van der Waals surface area contributed by atoms with Crippen molar-refractivity contribution < 1.29 is 23.7 Å². The van der Waals surface area contributed by atoms with E-state index in [2.05, 4.69) is 43.7 Å². The van der Waals surface area contributed by atoms with Crippen LogP contribution in [0.3, 0.4) is 0 Å². The van der Waals surface area contributed by atoms with E-state index in [9.17, 15) is 4.79 Å². The van der Waals surface area contributed by atoms with Crippen LogP contribution in [0.25, 0.3) is 0 Å². The van der Waals surface area contributed by atoms with E-state index in [0.29, 0.717) is 6.42 Å². The second-order valence-electron chi connectivity index (χ2n) is 6.71. The van der Waals surface area contributed by atoms with E-state index in [-0.39, 0.29) is 5.97 Å². The molecule has 2 aromatic carbocycles. The lowest BCUT2D eigenvalue weighted by molar-refractivity contribution is -0.140. The van der Waals surface area contributed by atoms with Crippen LogP contribution in [-0.2, 0) is 28.8 Å². The first-order valence-corrected chi connectivity index (χ1v) is 10.9. The van der Waals surface area contributed by atoms with Crippen LogP contribution in [0.4, 0.5) is 0 Å². The van der Waals surface area contributed by atoms with Crippen LogP contribution < -0.4 is 14.2 Å². The second kappa shape index (κ2) is 17.0. The summed E-state index contributed by atoms with van der Waals surface area (Å²) in [6, 6.07) is 12.4. The Bertz CT molecular complexity index is 749. The standard InChI is InChI=1S/C12H18O.C10H14O2.C4H8O2/c1-4-6-11-8-7-10(5-2)9-12(11)13-3;1-4-8-5-6-9(11-2)7-10(8)12-3;1-3-4(5)6-2/h7-9H,4-6H2,1-3H3;5-7H,4H2,1-3H3;3H2,1-2H3. The van der Waals surface area contributed by atoms with E-state index < -0.39 is 0 Å². The molecule has 2 aromatic rings. The number of carbonyl (C=O) groups is 1. The van der Waals surface area contributed by atoms with E-state index in [1.807, 2.05) is 18.2 Å². The minimum Gasteiger partial charge on any atom is -0.497 e. The third-order valence-electron chi connectivity index (χ3n) is 4.67. The molecule has 0 radical (unpaired) electrons. The number of benzene rings is 2. The van der Waals surface area contributed by atoms with Crippen molar-refractivity contribution in [3.05, 3.63) is 53.1 Å². The van der Waals surface area contributed by atoms with Gasteiger partial charge in [-0.3, -0.25) is 4.79 Å². The van der Waals surface area contributed by atoms with Gasteiger partial charge in [-0.15, -0.1) is 0 Å². The highest BCUT2D eigenvalue weighted by Crippen LogP contribution is 2.24. The number of ether oxygens (including phenoxy) is 4. The molecule has 0 spiro atoms. The van der Waals surface area contributed by atoms with E-state index >= 15 is 0 Å². The van der Waals surface area contributed by atoms with Crippen LogP contribution in [0.5, 0.6) is 17.2 Å². The maximum Gasteiger partial charge on any atom is 0.305 e. The SMILES string of the molecule is CCC(=O)OC.CCCc1ccc(CC)cc1OC.CCc1ccc(OC)cc1OC. The number of hydrogen-bond acceptors (Lipinski definition) is 5. The number of rotatable bonds is 8. The zero-order valence-electron chi connectivity index (χ0n) is 20.5. The van der Waals surface area contributed by atoms with Gasteiger partial charge >= 0.3 is 5.97 Å². The summed E-state index contributed by atoms with van der Waals surface area (Å²) in [7, 11) is 6.45. The van der Waals surface area contributed by atoms with Gasteiger partial charge in [0.15, 0.2) is 0 Å². The van der Waals surface area contributed by atoms with Gasteiger partial charge in [0.1, 0.15) is 17.2 Å². The lowest BCUT2D eigenvalue weighted by Gasteiger charge is -2.08. The molecule has 31 heavy (non-hydrogen) atoms. The van der Waals surface area contributed by atoms with Gasteiger partial charge in [-0.1, -0.05) is 52.3 Å². The average Bonchev–Trinajstić information content (AvgIpc) is 2.84. The molecule has 0 amide bonds. The van der Waals surface area contributed by atoms with Crippen molar-refractivity contribution in [1.82, 2.24) is 0 Å². The number of hydrogen-bond donors (Lipinski definition) is 0. The summed E-state index contributed by atoms with van der Waals surface area (Å²) < 4.78 is 19.9. The average molecular weight is 433 g/mol. The van der Waals surface area contributed by atoms with Crippen molar-refractivity contribution in [2.75, 3.05) is 28.4 Å². The fraction of sp³-hybridized carbons (Fsp3) is 0.500.